The lowest BCUT2D eigenvalue weighted by molar-refractivity contribution is -0.151. The zero-order chi connectivity index (χ0) is 18.4. The maximum atomic E-state index is 12.9. The molecule has 4 saturated carbocycles. The van der Waals surface area contributed by atoms with Crippen molar-refractivity contribution in [2.45, 2.75) is 45.1 Å². The zero-order valence-corrected chi connectivity index (χ0v) is 15.4. The molecule has 0 atom stereocenters. The lowest BCUT2D eigenvalue weighted by Gasteiger charge is -2.55. The minimum Gasteiger partial charge on any atom is -0.460 e. The summed E-state index contributed by atoms with van der Waals surface area (Å²) in [6.45, 7) is 0.308. The van der Waals surface area contributed by atoms with E-state index in [0.29, 0.717) is 29.3 Å². The van der Waals surface area contributed by atoms with Crippen LogP contribution in [0.1, 0.15) is 44.1 Å². The van der Waals surface area contributed by atoms with Crippen molar-refractivity contribution in [3.05, 3.63) is 23.8 Å². The van der Waals surface area contributed by atoms with E-state index in [1.54, 1.807) is 6.07 Å². The molecule has 4 bridgehead atoms. The monoisotopic (exact) mass is 371 g/mol. The number of fused-ring (bicyclic) bond motifs is 1. The van der Waals surface area contributed by atoms with Crippen LogP contribution >= 0.6 is 0 Å². The number of hydrogen-bond donors (Lipinski definition) is 1. The predicted octanol–water partition coefficient (Wildman–Crippen LogP) is 2.79. The third-order valence-electron chi connectivity index (χ3n) is 6.75. The number of esters is 1. The molecule has 0 aromatic heterocycles. The number of ether oxygens (including phenoxy) is 3. The average Bonchev–Trinajstić information content (AvgIpc) is 3.11. The summed E-state index contributed by atoms with van der Waals surface area (Å²) in [7, 11) is 0. The predicted molar refractivity (Wildman–Crippen MR) is 96.0 cm³/mol. The molecule has 0 unspecified atom stereocenters. The summed E-state index contributed by atoms with van der Waals surface area (Å²) < 4.78 is 15.9. The Morgan fingerprint density at radius 2 is 1.70 bits per heavy atom. The molecule has 6 nitrogen and oxygen atoms in total. The fraction of sp³-hybridized carbons (Fsp3) is 0.619. The Morgan fingerprint density at radius 3 is 2.41 bits per heavy atom. The van der Waals surface area contributed by atoms with Crippen molar-refractivity contribution in [2.24, 2.45) is 23.2 Å². The molecule has 1 N–H and O–H groups in total. The SMILES string of the molecule is O=C(CNC(=O)C12CC3CC(CC(C3)C1)C2)OCc1ccc2c(c1)OCO2. The Kier molecular flexibility index (Phi) is 4.02. The van der Waals surface area contributed by atoms with Gasteiger partial charge in [0.15, 0.2) is 11.5 Å². The minimum atomic E-state index is -0.411. The van der Waals surface area contributed by atoms with Gasteiger partial charge in [0, 0.05) is 5.41 Å². The molecule has 1 aliphatic heterocycles. The van der Waals surface area contributed by atoms with Crippen molar-refractivity contribution in [1.82, 2.24) is 5.32 Å². The van der Waals surface area contributed by atoms with E-state index < -0.39 is 5.97 Å². The smallest absolute Gasteiger partial charge is 0.325 e. The summed E-state index contributed by atoms with van der Waals surface area (Å²) in [6, 6.07) is 5.46. The van der Waals surface area contributed by atoms with Crippen molar-refractivity contribution >= 4 is 11.9 Å². The van der Waals surface area contributed by atoms with Crippen LogP contribution < -0.4 is 14.8 Å². The number of carbonyl (C=O) groups is 2. The highest BCUT2D eigenvalue weighted by Gasteiger charge is 2.54. The topological polar surface area (TPSA) is 73.9 Å². The Hall–Kier alpha value is -2.24. The standard InChI is InChI=1S/C21H25NO5/c23-19(25-11-13-1-2-17-18(6-13)27-12-26-17)10-22-20(24)21-7-14-3-15(8-21)5-16(4-14)9-21/h1-2,6,14-16H,3-5,7-12H2,(H,22,24). The highest BCUT2D eigenvalue weighted by molar-refractivity contribution is 5.86. The number of amides is 1. The molecule has 1 aromatic carbocycles. The summed E-state index contributed by atoms with van der Waals surface area (Å²) >= 11 is 0. The Labute approximate surface area is 158 Å². The molecule has 0 radical (unpaired) electrons. The second-order valence-electron chi connectivity index (χ2n) is 8.73. The third-order valence-corrected chi connectivity index (χ3v) is 6.75. The van der Waals surface area contributed by atoms with E-state index in [2.05, 4.69) is 5.32 Å². The molecule has 6 heteroatoms. The van der Waals surface area contributed by atoms with Gasteiger partial charge in [-0.1, -0.05) is 6.07 Å². The van der Waals surface area contributed by atoms with Crippen LogP contribution in [0.4, 0.5) is 0 Å². The molecular weight excluding hydrogens is 346 g/mol. The average molecular weight is 371 g/mol. The molecule has 144 valence electrons. The number of hydrogen-bond acceptors (Lipinski definition) is 5. The number of rotatable bonds is 5. The lowest BCUT2D eigenvalue weighted by atomic mass is 9.49. The van der Waals surface area contributed by atoms with Gasteiger partial charge in [0.2, 0.25) is 12.7 Å². The first-order valence-corrected chi connectivity index (χ1v) is 9.92. The Balaban J connectivity index is 1.13. The van der Waals surface area contributed by atoms with E-state index in [1.807, 2.05) is 12.1 Å². The molecule has 1 aromatic rings. The van der Waals surface area contributed by atoms with Gasteiger partial charge in [0.25, 0.3) is 0 Å². The van der Waals surface area contributed by atoms with Crippen molar-refractivity contribution in [2.75, 3.05) is 13.3 Å². The van der Waals surface area contributed by atoms with Gasteiger partial charge in [0.1, 0.15) is 13.2 Å². The van der Waals surface area contributed by atoms with Crippen molar-refractivity contribution in [3.8, 4) is 11.5 Å². The zero-order valence-electron chi connectivity index (χ0n) is 15.4. The van der Waals surface area contributed by atoms with Crippen LogP contribution in [0.25, 0.3) is 0 Å². The summed E-state index contributed by atoms with van der Waals surface area (Å²) in [6.07, 6.45) is 6.88. The Morgan fingerprint density at radius 1 is 1.04 bits per heavy atom. The molecule has 0 spiro atoms. The first-order valence-electron chi connectivity index (χ1n) is 9.92. The van der Waals surface area contributed by atoms with Crippen LogP contribution in [-0.2, 0) is 20.9 Å². The summed E-state index contributed by atoms with van der Waals surface area (Å²) in [5.41, 5.74) is 0.604. The molecule has 27 heavy (non-hydrogen) atoms. The van der Waals surface area contributed by atoms with Crippen LogP contribution in [-0.4, -0.2) is 25.2 Å². The highest BCUT2D eigenvalue weighted by atomic mass is 16.7. The summed E-state index contributed by atoms with van der Waals surface area (Å²) in [5, 5.41) is 2.86. The first kappa shape index (κ1) is 16.9. The number of carbonyl (C=O) groups excluding carboxylic acids is 2. The van der Waals surface area contributed by atoms with E-state index in [0.717, 1.165) is 24.8 Å². The summed E-state index contributed by atoms with van der Waals surface area (Å²) in [5.74, 6) is 3.14. The van der Waals surface area contributed by atoms with E-state index >= 15 is 0 Å². The number of benzene rings is 1. The largest absolute Gasteiger partial charge is 0.460 e. The minimum absolute atomic E-state index is 0.0571. The lowest BCUT2D eigenvalue weighted by Crippen LogP contribution is -2.54. The van der Waals surface area contributed by atoms with Gasteiger partial charge in [-0.15, -0.1) is 0 Å². The van der Waals surface area contributed by atoms with Crippen molar-refractivity contribution in [1.29, 1.82) is 0 Å². The van der Waals surface area contributed by atoms with Gasteiger partial charge in [-0.3, -0.25) is 9.59 Å². The maximum Gasteiger partial charge on any atom is 0.325 e. The molecular formula is C21H25NO5. The second kappa shape index (κ2) is 6.43. The fourth-order valence-electron chi connectivity index (χ4n) is 5.97. The third kappa shape index (κ3) is 3.15. The molecule has 0 saturated heterocycles. The van der Waals surface area contributed by atoms with Gasteiger partial charge < -0.3 is 19.5 Å². The first-order chi connectivity index (χ1) is 13.1. The van der Waals surface area contributed by atoms with Crippen molar-refractivity contribution < 1.29 is 23.8 Å². The molecule has 6 rings (SSSR count). The van der Waals surface area contributed by atoms with Crippen LogP contribution in [0.5, 0.6) is 11.5 Å². The van der Waals surface area contributed by atoms with E-state index in [9.17, 15) is 9.59 Å². The fourth-order valence-corrected chi connectivity index (χ4v) is 5.97. The quantitative estimate of drug-likeness (QED) is 0.806. The maximum absolute atomic E-state index is 12.9. The van der Waals surface area contributed by atoms with Gasteiger partial charge in [-0.05, 0) is 74.0 Å². The van der Waals surface area contributed by atoms with Crippen LogP contribution in [0.15, 0.2) is 18.2 Å². The van der Waals surface area contributed by atoms with Crippen LogP contribution in [0, 0.1) is 23.2 Å². The van der Waals surface area contributed by atoms with E-state index in [4.69, 9.17) is 14.2 Å². The van der Waals surface area contributed by atoms with E-state index in [-0.39, 0.29) is 31.3 Å². The van der Waals surface area contributed by atoms with Gasteiger partial charge in [-0.25, -0.2) is 0 Å². The van der Waals surface area contributed by atoms with Gasteiger partial charge in [-0.2, -0.15) is 0 Å². The molecule has 4 aliphatic carbocycles. The van der Waals surface area contributed by atoms with Crippen LogP contribution in [0.2, 0.25) is 0 Å². The second-order valence-corrected chi connectivity index (χ2v) is 8.73. The molecule has 1 amide bonds. The van der Waals surface area contributed by atoms with Crippen LogP contribution in [0.3, 0.4) is 0 Å². The molecule has 5 aliphatic rings. The van der Waals surface area contributed by atoms with Crippen molar-refractivity contribution in [3.63, 3.8) is 0 Å². The molecule has 4 fully saturated rings. The van der Waals surface area contributed by atoms with Gasteiger partial charge in [0.05, 0.1) is 0 Å². The number of nitrogens with one attached hydrogen (secondary N) is 1. The normalized spacial score (nSPS) is 32.4. The van der Waals surface area contributed by atoms with Gasteiger partial charge >= 0.3 is 5.97 Å². The highest BCUT2D eigenvalue weighted by Crippen LogP contribution is 2.60. The molecule has 1 heterocycles. The Bertz CT molecular complexity index is 739. The van der Waals surface area contributed by atoms with E-state index in [1.165, 1.54) is 19.3 Å². The summed E-state index contributed by atoms with van der Waals surface area (Å²) in [4.78, 5) is 24.9.